The molecule has 2 nitrogen and oxygen atoms in total. The Balaban J connectivity index is 2.08. The van der Waals surface area contributed by atoms with Gasteiger partial charge in [-0.25, -0.2) is 0 Å². The highest BCUT2D eigenvalue weighted by Crippen LogP contribution is 2.23. The second-order valence-electron chi connectivity index (χ2n) is 4.00. The SMILES string of the molecule is Clc1c(C#Cc2ccccc2)nnc2ccccc12. The zero-order valence-electron chi connectivity index (χ0n) is 9.97. The standard InChI is InChI=1S/C16H9ClN2/c17-16-13-8-4-5-9-14(13)18-19-15(16)11-10-12-6-2-1-3-7-12/h1-9H. The van der Waals surface area contributed by atoms with E-state index in [9.17, 15) is 0 Å². The Morgan fingerprint density at radius 2 is 1.53 bits per heavy atom. The van der Waals surface area contributed by atoms with Crippen LogP contribution in [0.3, 0.4) is 0 Å². The molecule has 0 fully saturated rings. The average molecular weight is 265 g/mol. The molecule has 0 bridgehead atoms. The van der Waals surface area contributed by atoms with Crippen LogP contribution in [0.25, 0.3) is 10.9 Å². The van der Waals surface area contributed by atoms with Gasteiger partial charge in [0.1, 0.15) is 0 Å². The maximum atomic E-state index is 6.30. The van der Waals surface area contributed by atoms with Crippen molar-refractivity contribution in [1.29, 1.82) is 0 Å². The van der Waals surface area contributed by atoms with E-state index in [2.05, 4.69) is 22.0 Å². The van der Waals surface area contributed by atoms with Crippen molar-refractivity contribution in [1.82, 2.24) is 10.2 Å². The van der Waals surface area contributed by atoms with Gasteiger partial charge in [-0.1, -0.05) is 53.9 Å². The number of aromatic nitrogens is 2. The fourth-order valence-corrected chi connectivity index (χ4v) is 2.00. The summed E-state index contributed by atoms with van der Waals surface area (Å²) in [5.74, 6) is 6.00. The summed E-state index contributed by atoms with van der Waals surface area (Å²) in [6.45, 7) is 0. The van der Waals surface area contributed by atoms with Crippen molar-refractivity contribution in [3.63, 3.8) is 0 Å². The molecule has 0 aliphatic rings. The molecular formula is C16H9ClN2. The Morgan fingerprint density at radius 3 is 2.37 bits per heavy atom. The van der Waals surface area contributed by atoms with Crippen LogP contribution in [0.5, 0.6) is 0 Å². The van der Waals surface area contributed by atoms with Crippen LogP contribution in [0.1, 0.15) is 11.3 Å². The van der Waals surface area contributed by atoms with Gasteiger partial charge >= 0.3 is 0 Å². The number of hydrogen-bond acceptors (Lipinski definition) is 2. The van der Waals surface area contributed by atoms with E-state index < -0.39 is 0 Å². The van der Waals surface area contributed by atoms with Gasteiger partial charge in [0.2, 0.25) is 0 Å². The molecule has 90 valence electrons. The van der Waals surface area contributed by atoms with Gasteiger partial charge in [0.05, 0.1) is 10.5 Å². The third-order valence-corrected chi connectivity index (χ3v) is 3.09. The highest BCUT2D eigenvalue weighted by Gasteiger charge is 2.05. The minimum absolute atomic E-state index is 0.504. The van der Waals surface area contributed by atoms with Crippen molar-refractivity contribution in [2.24, 2.45) is 0 Å². The van der Waals surface area contributed by atoms with Gasteiger partial charge < -0.3 is 0 Å². The first-order chi connectivity index (χ1) is 9.34. The molecule has 0 spiro atoms. The Hall–Kier alpha value is -2.37. The molecule has 0 saturated carbocycles. The zero-order valence-corrected chi connectivity index (χ0v) is 10.7. The second-order valence-corrected chi connectivity index (χ2v) is 4.37. The van der Waals surface area contributed by atoms with Crippen LogP contribution in [0, 0.1) is 11.8 Å². The molecule has 2 aromatic carbocycles. The highest BCUT2D eigenvalue weighted by atomic mass is 35.5. The smallest absolute Gasteiger partial charge is 0.149 e. The summed E-state index contributed by atoms with van der Waals surface area (Å²) in [6, 6.07) is 17.3. The third kappa shape index (κ3) is 2.42. The largest absolute Gasteiger partial charge is 0.155 e. The molecule has 0 aliphatic carbocycles. The van der Waals surface area contributed by atoms with Gasteiger partial charge in [-0.3, -0.25) is 0 Å². The Morgan fingerprint density at radius 1 is 0.789 bits per heavy atom. The molecule has 3 aromatic rings. The lowest BCUT2D eigenvalue weighted by Gasteiger charge is -1.99. The summed E-state index contributed by atoms with van der Waals surface area (Å²) < 4.78 is 0. The van der Waals surface area contributed by atoms with E-state index in [-0.39, 0.29) is 0 Å². The number of hydrogen-bond donors (Lipinski definition) is 0. The summed E-state index contributed by atoms with van der Waals surface area (Å²) in [5.41, 5.74) is 2.20. The Kier molecular flexibility index (Phi) is 3.14. The highest BCUT2D eigenvalue weighted by molar-refractivity contribution is 6.36. The average Bonchev–Trinajstić information content (AvgIpc) is 2.48. The van der Waals surface area contributed by atoms with Crippen molar-refractivity contribution in [3.8, 4) is 11.8 Å². The summed E-state index contributed by atoms with van der Waals surface area (Å²) in [7, 11) is 0. The minimum Gasteiger partial charge on any atom is -0.149 e. The predicted molar refractivity (Wildman–Crippen MR) is 77.0 cm³/mol. The molecule has 1 heterocycles. The Labute approximate surface area is 116 Å². The van der Waals surface area contributed by atoms with E-state index in [4.69, 9.17) is 11.6 Å². The molecule has 19 heavy (non-hydrogen) atoms. The maximum Gasteiger partial charge on any atom is 0.155 e. The first-order valence-corrected chi connectivity index (χ1v) is 6.20. The van der Waals surface area contributed by atoms with Crippen molar-refractivity contribution in [3.05, 3.63) is 70.9 Å². The van der Waals surface area contributed by atoms with Gasteiger partial charge in [-0.2, -0.15) is 0 Å². The van der Waals surface area contributed by atoms with Gasteiger partial charge in [0.25, 0.3) is 0 Å². The number of fused-ring (bicyclic) bond motifs is 1. The lowest BCUT2D eigenvalue weighted by atomic mass is 10.2. The van der Waals surface area contributed by atoms with E-state index in [0.29, 0.717) is 10.7 Å². The van der Waals surface area contributed by atoms with Crippen LogP contribution in [0.2, 0.25) is 5.02 Å². The van der Waals surface area contributed by atoms with Crippen LogP contribution in [-0.4, -0.2) is 10.2 Å². The van der Waals surface area contributed by atoms with E-state index in [0.717, 1.165) is 16.5 Å². The first-order valence-electron chi connectivity index (χ1n) is 5.82. The van der Waals surface area contributed by atoms with Gasteiger partial charge in [0, 0.05) is 10.9 Å². The fourth-order valence-electron chi connectivity index (χ4n) is 1.75. The van der Waals surface area contributed by atoms with Gasteiger partial charge in [-0.15, -0.1) is 10.2 Å². The van der Waals surface area contributed by atoms with Crippen molar-refractivity contribution in [2.75, 3.05) is 0 Å². The van der Waals surface area contributed by atoms with E-state index >= 15 is 0 Å². The fraction of sp³-hybridized carbons (Fsp3) is 0. The minimum atomic E-state index is 0.504. The number of rotatable bonds is 0. The summed E-state index contributed by atoms with van der Waals surface area (Å²) in [5, 5.41) is 9.61. The Bertz CT molecular complexity index is 786. The maximum absolute atomic E-state index is 6.30. The number of benzene rings is 2. The molecule has 0 atom stereocenters. The quantitative estimate of drug-likeness (QED) is 0.579. The molecule has 3 heteroatoms. The number of halogens is 1. The molecule has 0 saturated heterocycles. The molecule has 0 amide bonds. The van der Waals surface area contributed by atoms with Crippen molar-refractivity contribution in [2.45, 2.75) is 0 Å². The van der Waals surface area contributed by atoms with Gasteiger partial charge in [0.15, 0.2) is 5.69 Å². The summed E-state index contributed by atoms with van der Waals surface area (Å²) in [6.07, 6.45) is 0. The van der Waals surface area contributed by atoms with E-state index in [1.165, 1.54) is 0 Å². The second kappa shape index (κ2) is 5.09. The lowest BCUT2D eigenvalue weighted by molar-refractivity contribution is 1.06. The van der Waals surface area contributed by atoms with Gasteiger partial charge in [-0.05, 0) is 24.1 Å². The van der Waals surface area contributed by atoms with Crippen LogP contribution in [0.15, 0.2) is 54.6 Å². The molecule has 0 N–H and O–H groups in total. The molecule has 3 rings (SSSR count). The summed E-state index contributed by atoms with van der Waals surface area (Å²) >= 11 is 6.30. The zero-order chi connectivity index (χ0) is 13.1. The predicted octanol–water partition coefficient (Wildman–Crippen LogP) is 3.68. The lowest BCUT2D eigenvalue weighted by Crippen LogP contribution is -1.91. The monoisotopic (exact) mass is 264 g/mol. The van der Waals surface area contributed by atoms with Crippen LogP contribution >= 0.6 is 11.6 Å². The summed E-state index contributed by atoms with van der Waals surface area (Å²) in [4.78, 5) is 0. The molecule has 1 aromatic heterocycles. The normalized spacial score (nSPS) is 9.95. The topological polar surface area (TPSA) is 25.8 Å². The molecule has 0 aliphatic heterocycles. The van der Waals surface area contributed by atoms with Crippen molar-refractivity contribution >= 4 is 22.5 Å². The number of nitrogens with zero attached hydrogens (tertiary/aromatic N) is 2. The third-order valence-electron chi connectivity index (χ3n) is 2.71. The van der Waals surface area contributed by atoms with Crippen LogP contribution < -0.4 is 0 Å². The van der Waals surface area contributed by atoms with Crippen LogP contribution in [0.4, 0.5) is 0 Å². The van der Waals surface area contributed by atoms with E-state index in [1.54, 1.807) is 0 Å². The molecule has 0 unspecified atom stereocenters. The molecule has 0 radical (unpaired) electrons. The first kappa shape index (κ1) is 11.7. The van der Waals surface area contributed by atoms with Crippen molar-refractivity contribution < 1.29 is 0 Å². The van der Waals surface area contributed by atoms with Crippen LogP contribution in [-0.2, 0) is 0 Å². The molecular weight excluding hydrogens is 256 g/mol. The van der Waals surface area contributed by atoms with E-state index in [1.807, 2.05) is 54.6 Å².